The van der Waals surface area contributed by atoms with Crippen LogP contribution >= 0.6 is 0 Å². The average molecular weight is 335 g/mol. The molecule has 7 nitrogen and oxygen atoms in total. The summed E-state index contributed by atoms with van der Waals surface area (Å²) in [6.45, 7) is 0.332. The van der Waals surface area contributed by atoms with Crippen molar-refractivity contribution in [2.75, 3.05) is 12.4 Å². The molecule has 0 spiro atoms. The summed E-state index contributed by atoms with van der Waals surface area (Å²) in [4.78, 5) is 24.8. The molecule has 2 aromatic heterocycles. The van der Waals surface area contributed by atoms with Gasteiger partial charge in [0.15, 0.2) is 0 Å². The van der Waals surface area contributed by atoms with Crippen LogP contribution in [0.5, 0.6) is 5.75 Å². The van der Waals surface area contributed by atoms with Gasteiger partial charge in [0.05, 0.1) is 25.0 Å². The maximum absolute atomic E-state index is 12.3. The number of anilines is 2. The number of benzene rings is 1. The van der Waals surface area contributed by atoms with Gasteiger partial charge in [-0.25, -0.2) is 9.97 Å². The zero-order chi connectivity index (χ0) is 17.5. The number of ether oxygens (including phenoxy) is 1. The highest BCUT2D eigenvalue weighted by Gasteiger charge is 2.10. The maximum atomic E-state index is 12.3. The van der Waals surface area contributed by atoms with Crippen molar-refractivity contribution in [3.8, 4) is 5.75 Å². The largest absolute Gasteiger partial charge is 0.495 e. The quantitative estimate of drug-likeness (QED) is 0.720. The number of hydrogen-bond acceptors (Lipinski definition) is 6. The van der Waals surface area contributed by atoms with E-state index in [1.165, 1.54) is 6.20 Å². The third kappa shape index (κ3) is 4.29. The molecule has 0 aliphatic heterocycles. The lowest BCUT2D eigenvalue weighted by Gasteiger charge is -2.10. The Morgan fingerprint density at radius 1 is 1.04 bits per heavy atom. The predicted molar refractivity (Wildman–Crippen MR) is 93.7 cm³/mol. The van der Waals surface area contributed by atoms with Gasteiger partial charge in [0.1, 0.15) is 11.4 Å². The van der Waals surface area contributed by atoms with Crippen molar-refractivity contribution in [3.05, 3.63) is 72.3 Å². The fourth-order valence-corrected chi connectivity index (χ4v) is 2.18. The molecule has 3 aromatic rings. The van der Waals surface area contributed by atoms with E-state index in [-0.39, 0.29) is 11.6 Å². The zero-order valence-electron chi connectivity index (χ0n) is 13.6. The summed E-state index contributed by atoms with van der Waals surface area (Å²) in [7, 11) is 1.59. The molecular weight excluding hydrogens is 318 g/mol. The SMILES string of the molecule is COc1ccccc1Nc1nccc(C(=O)NCc2ccccn2)n1. The highest BCUT2D eigenvalue weighted by atomic mass is 16.5. The Kier molecular flexibility index (Phi) is 5.16. The first-order valence-electron chi connectivity index (χ1n) is 7.67. The monoisotopic (exact) mass is 335 g/mol. The van der Waals surface area contributed by atoms with Crippen molar-refractivity contribution in [1.29, 1.82) is 0 Å². The van der Waals surface area contributed by atoms with E-state index in [0.717, 1.165) is 11.4 Å². The van der Waals surface area contributed by atoms with E-state index in [1.807, 2.05) is 42.5 Å². The molecular formula is C18H17N5O2. The molecule has 0 bridgehead atoms. The number of carbonyl (C=O) groups is 1. The second-order valence-electron chi connectivity index (χ2n) is 5.09. The summed E-state index contributed by atoms with van der Waals surface area (Å²) in [6.07, 6.45) is 3.21. The van der Waals surface area contributed by atoms with Crippen molar-refractivity contribution in [2.24, 2.45) is 0 Å². The molecule has 2 heterocycles. The van der Waals surface area contributed by atoms with Gasteiger partial charge in [-0.2, -0.15) is 0 Å². The fraction of sp³-hybridized carbons (Fsp3) is 0.111. The van der Waals surface area contributed by atoms with Gasteiger partial charge in [-0.1, -0.05) is 18.2 Å². The number of hydrogen-bond donors (Lipinski definition) is 2. The highest BCUT2D eigenvalue weighted by Crippen LogP contribution is 2.25. The van der Waals surface area contributed by atoms with Crippen LogP contribution in [0.4, 0.5) is 11.6 Å². The number of amides is 1. The van der Waals surface area contributed by atoms with Crippen LogP contribution in [0.3, 0.4) is 0 Å². The van der Waals surface area contributed by atoms with Gasteiger partial charge in [0.25, 0.3) is 5.91 Å². The van der Waals surface area contributed by atoms with Gasteiger partial charge >= 0.3 is 0 Å². The van der Waals surface area contributed by atoms with Gasteiger partial charge in [0.2, 0.25) is 5.95 Å². The van der Waals surface area contributed by atoms with Crippen LogP contribution in [0.15, 0.2) is 60.9 Å². The molecule has 7 heteroatoms. The van der Waals surface area contributed by atoms with Crippen LogP contribution in [0.2, 0.25) is 0 Å². The topological polar surface area (TPSA) is 89.0 Å². The van der Waals surface area contributed by atoms with Crippen molar-refractivity contribution >= 4 is 17.5 Å². The first-order chi connectivity index (χ1) is 12.3. The fourth-order valence-electron chi connectivity index (χ4n) is 2.18. The minimum atomic E-state index is -0.295. The summed E-state index contributed by atoms with van der Waals surface area (Å²) in [5.41, 5.74) is 1.76. The second kappa shape index (κ2) is 7.87. The Morgan fingerprint density at radius 3 is 2.68 bits per heavy atom. The maximum Gasteiger partial charge on any atom is 0.270 e. The Morgan fingerprint density at radius 2 is 1.88 bits per heavy atom. The minimum absolute atomic E-state index is 0.267. The standard InChI is InChI=1S/C18H17N5O2/c1-25-16-8-3-2-7-14(16)22-18-20-11-9-15(23-18)17(24)21-12-13-6-4-5-10-19-13/h2-11H,12H2,1H3,(H,21,24)(H,20,22,23). The Bertz CT molecular complexity index is 855. The predicted octanol–water partition coefficient (Wildman–Crippen LogP) is 2.55. The molecule has 25 heavy (non-hydrogen) atoms. The molecule has 3 rings (SSSR count). The molecule has 1 amide bonds. The summed E-state index contributed by atoms with van der Waals surface area (Å²) in [5, 5.41) is 5.84. The smallest absolute Gasteiger partial charge is 0.270 e. The molecule has 1 aromatic carbocycles. The van der Waals surface area contributed by atoms with Crippen molar-refractivity contribution in [1.82, 2.24) is 20.3 Å². The van der Waals surface area contributed by atoms with Gasteiger partial charge in [-0.15, -0.1) is 0 Å². The molecule has 0 fully saturated rings. The van der Waals surface area contributed by atoms with Gasteiger partial charge < -0.3 is 15.4 Å². The summed E-state index contributed by atoms with van der Waals surface area (Å²) < 4.78 is 5.28. The average Bonchev–Trinajstić information content (AvgIpc) is 2.67. The molecule has 0 atom stereocenters. The van der Waals surface area contributed by atoms with Crippen LogP contribution < -0.4 is 15.4 Å². The van der Waals surface area contributed by atoms with E-state index in [2.05, 4.69) is 25.6 Å². The van der Waals surface area contributed by atoms with Crippen LogP contribution in [0.25, 0.3) is 0 Å². The molecule has 0 aliphatic rings. The van der Waals surface area contributed by atoms with Gasteiger partial charge in [0, 0.05) is 12.4 Å². The second-order valence-corrected chi connectivity index (χ2v) is 5.09. The Hall–Kier alpha value is -3.48. The first kappa shape index (κ1) is 16.4. The molecule has 0 radical (unpaired) electrons. The molecule has 0 saturated carbocycles. The van der Waals surface area contributed by atoms with E-state index >= 15 is 0 Å². The Labute approximate surface area is 145 Å². The lowest BCUT2D eigenvalue weighted by atomic mass is 10.3. The van der Waals surface area contributed by atoms with Crippen molar-refractivity contribution < 1.29 is 9.53 Å². The normalized spacial score (nSPS) is 10.1. The van der Waals surface area contributed by atoms with Crippen molar-refractivity contribution in [3.63, 3.8) is 0 Å². The lowest BCUT2D eigenvalue weighted by Crippen LogP contribution is -2.24. The summed E-state index contributed by atoms with van der Waals surface area (Å²) >= 11 is 0. The number of aromatic nitrogens is 3. The number of carbonyl (C=O) groups excluding carboxylic acids is 1. The third-order valence-electron chi connectivity index (χ3n) is 3.40. The minimum Gasteiger partial charge on any atom is -0.495 e. The molecule has 0 saturated heterocycles. The number of nitrogens with zero attached hydrogens (tertiary/aromatic N) is 3. The molecule has 0 unspecified atom stereocenters. The van der Waals surface area contributed by atoms with E-state index in [4.69, 9.17) is 4.74 Å². The number of rotatable bonds is 6. The van der Waals surface area contributed by atoms with Crippen molar-refractivity contribution in [2.45, 2.75) is 6.54 Å². The third-order valence-corrected chi connectivity index (χ3v) is 3.40. The first-order valence-corrected chi connectivity index (χ1v) is 7.67. The van der Waals surface area contributed by atoms with Crippen LogP contribution in [0.1, 0.15) is 16.2 Å². The number of pyridine rings is 1. The van der Waals surface area contributed by atoms with Crippen LogP contribution in [-0.2, 0) is 6.54 Å². The van der Waals surface area contributed by atoms with E-state index < -0.39 is 0 Å². The van der Waals surface area contributed by atoms with E-state index in [9.17, 15) is 4.79 Å². The molecule has 0 aliphatic carbocycles. The van der Waals surface area contributed by atoms with Crippen LogP contribution in [0, 0.1) is 0 Å². The van der Waals surface area contributed by atoms with Gasteiger partial charge in [-0.05, 0) is 30.3 Å². The van der Waals surface area contributed by atoms with E-state index in [1.54, 1.807) is 19.4 Å². The number of nitrogens with one attached hydrogen (secondary N) is 2. The molecule has 2 N–H and O–H groups in total. The van der Waals surface area contributed by atoms with Gasteiger partial charge in [-0.3, -0.25) is 9.78 Å². The van der Waals surface area contributed by atoms with E-state index in [0.29, 0.717) is 18.2 Å². The zero-order valence-corrected chi connectivity index (χ0v) is 13.6. The highest BCUT2D eigenvalue weighted by molar-refractivity contribution is 5.92. The van der Waals surface area contributed by atoms with Crippen LogP contribution in [-0.4, -0.2) is 28.0 Å². The number of methoxy groups -OCH3 is 1. The summed E-state index contributed by atoms with van der Waals surface area (Å²) in [5.74, 6) is 0.683. The Balaban J connectivity index is 1.69. The summed E-state index contributed by atoms with van der Waals surface area (Å²) in [6, 6.07) is 14.5. The number of para-hydroxylation sites is 2. The molecule has 126 valence electrons. The lowest BCUT2D eigenvalue weighted by molar-refractivity contribution is 0.0945.